The van der Waals surface area contributed by atoms with Crippen LogP contribution in [0.25, 0.3) is 10.8 Å². The van der Waals surface area contributed by atoms with Gasteiger partial charge in [-0.15, -0.1) is 0 Å². The molecule has 0 heterocycles. The SMILES string of the molecule is SCCOc1ccc2cc(Br)ccc2c1. The van der Waals surface area contributed by atoms with Crippen molar-refractivity contribution in [2.24, 2.45) is 0 Å². The first-order valence-corrected chi connectivity index (χ1v) is 6.15. The summed E-state index contributed by atoms with van der Waals surface area (Å²) in [7, 11) is 0. The standard InChI is InChI=1S/C12H11BrOS/c13-11-3-1-10-8-12(14-5-6-15)4-2-9(10)7-11/h1-4,7-8,15H,5-6H2. The van der Waals surface area contributed by atoms with E-state index in [1.165, 1.54) is 10.8 Å². The van der Waals surface area contributed by atoms with E-state index >= 15 is 0 Å². The number of ether oxygens (including phenoxy) is 1. The zero-order valence-corrected chi connectivity index (χ0v) is 10.6. The normalized spacial score (nSPS) is 10.5. The first-order valence-electron chi connectivity index (χ1n) is 4.72. The number of fused-ring (bicyclic) bond motifs is 1. The highest BCUT2D eigenvalue weighted by atomic mass is 79.9. The fraction of sp³-hybridized carbons (Fsp3) is 0.167. The van der Waals surface area contributed by atoms with E-state index in [4.69, 9.17) is 4.74 Å². The Kier molecular flexibility index (Phi) is 3.54. The van der Waals surface area contributed by atoms with E-state index in [2.05, 4.69) is 46.8 Å². The second-order valence-electron chi connectivity index (χ2n) is 3.23. The Balaban J connectivity index is 2.34. The van der Waals surface area contributed by atoms with Crippen LogP contribution in [0.2, 0.25) is 0 Å². The molecule has 15 heavy (non-hydrogen) atoms. The molecule has 0 spiro atoms. The molecule has 0 aliphatic rings. The first-order chi connectivity index (χ1) is 7.29. The van der Waals surface area contributed by atoms with Crippen molar-refractivity contribution in [3.05, 3.63) is 40.9 Å². The molecular weight excluding hydrogens is 272 g/mol. The quantitative estimate of drug-likeness (QED) is 0.840. The molecule has 0 aliphatic carbocycles. The average Bonchev–Trinajstić information content (AvgIpc) is 2.26. The lowest BCUT2D eigenvalue weighted by Crippen LogP contribution is -1.97. The van der Waals surface area contributed by atoms with Gasteiger partial charge in [0.1, 0.15) is 5.75 Å². The van der Waals surface area contributed by atoms with E-state index in [1.54, 1.807) is 0 Å². The van der Waals surface area contributed by atoms with E-state index in [0.717, 1.165) is 16.0 Å². The van der Waals surface area contributed by atoms with Crippen molar-refractivity contribution >= 4 is 39.3 Å². The van der Waals surface area contributed by atoms with E-state index < -0.39 is 0 Å². The highest BCUT2D eigenvalue weighted by Gasteiger charge is 1.97. The fourth-order valence-electron chi connectivity index (χ4n) is 1.45. The Hall–Kier alpha value is -0.670. The number of benzene rings is 2. The molecule has 0 saturated carbocycles. The van der Waals surface area contributed by atoms with Gasteiger partial charge >= 0.3 is 0 Å². The predicted octanol–water partition coefficient (Wildman–Crippen LogP) is 3.91. The smallest absolute Gasteiger partial charge is 0.119 e. The van der Waals surface area contributed by atoms with Crippen molar-refractivity contribution in [3.63, 3.8) is 0 Å². The summed E-state index contributed by atoms with van der Waals surface area (Å²) in [4.78, 5) is 0. The number of hydrogen-bond acceptors (Lipinski definition) is 2. The zero-order chi connectivity index (χ0) is 10.7. The molecule has 0 aliphatic heterocycles. The van der Waals surface area contributed by atoms with Gasteiger partial charge in [-0.05, 0) is 35.0 Å². The summed E-state index contributed by atoms with van der Waals surface area (Å²) in [5.41, 5.74) is 0. The lowest BCUT2D eigenvalue weighted by Gasteiger charge is -2.05. The molecule has 2 rings (SSSR count). The summed E-state index contributed by atoms with van der Waals surface area (Å²) in [5.74, 6) is 1.64. The van der Waals surface area contributed by atoms with E-state index in [1.807, 2.05) is 18.2 Å². The van der Waals surface area contributed by atoms with Gasteiger partial charge in [0.05, 0.1) is 6.61 Å². The Morgan fingerprint density at radius 3 is 2.60 bits per heavy atom. The molecular formula is C12H11BrOS. The topological polar surface area (TPSA) is 9.23 Å². The van der Waals surface area contributed by atoms with Crippen molar-refractivity contribution in [3.8, 4) is 5.75 Å². The Morgan fingerprint density at radius 1 is 1.07 bits per heavy atom. The molecule has 0 unspecified atom stereocenters. The minimum Gasteiger partial charge on any atom is -0.493 e. The van der Waals surface area contributed by atoms with Gasteiger partial charge in [-0.1, -0.05) is 28.1 Å². The van der Waals surface area contributed by atoms with Crippen LogP contribution < -0.4 is 4.74 Å². The molecule has 0 aromatic heterocycles. The first kappa shape index (κ1) is 10.8. The summed E-state index contributed by atoms with van der Waals surface area (Å²) in [6, 6.07) is 12.3. The monoisotopic (exact) mass is 282 g/mol. The Morgan fingerprint density at radius 2 is 1.80 bits per heavy atom. The Bertz CT molecular complexity index is 470. The molecule has 0 saturated heterocycles. The Labute approximate surface area is 103 Å². The van der Waals surface area contributed by atoms with Gasteiger partial charge in [-0.3, -0.25) is 0 Å². The van der Waals surface area contributed by atoms with Crippen LogP contribution in [0.4, 0.5) is 0 Å². The fourth-order valence-corrected chi connectivity index (χ4v) is 1.92. The zero-order valence-electron chi connectivity index (χ0n) is 8.11. The maximum Gasteiger partial charge on any atom is 0.119 e. The van der Waals surface area contributed by atoms with Gasteiger partial charge in [-0.25, -0.2) is 0 Å². The van der Waals surface area contributed by atoms with E-state index in [9.17, 15) is 0 Å². The highest BCUT2D eigenvalue weighted by molar-refractivity contribution is 9.10. The summed E-state index contributed by atoms with van der Waals surface area (Å²) in [6.45, 7) is 0.644. The minimum atomic E-state index is 0.644. The second kappa shape index (κ2) is 4.90. The molecule has 2 aromatic carbocycles. The van der Waals surface area contributed by atoms with E-state index in [-0.39, 0.29) is 0 Å². The summed E-state index contributed by atoms with van der Waals surface area (Å²) in [5, 5.41) is 2.40. The molecule has 78 valence electrons. The maximum atomic E-state index is 5.51. The molecule has 0 atom stereocenters. The van der Waals surface area contributed by atoms with Crippen molar-refractivity contribution in [2.45, 2.75) is 0 Å². The van der Waals surface area contributed by atoms with Crippen LogP contribution in [-0.2, 0) is 0 Å². The molecule has 2 aromatic rings. The van der Waals surface area contributed by atoms with Crippen LogP contribution in [0, 0.1) is 0 Å². The van der Waals surface area contributed by atoms with Gasteiger partial charge in [0.2, 0.25) is 0 Å². The highest BCUT2D eigenvalue weighted by Crippen LogP contribution is 2.23. The van der Waals surface area contributed by atoms with Gasteiger partial charge in [0.15, 0.2) is 0 Å². The van der Waals surface area contributed by atoms with E-state index in [0.29, 0.717) is 6.61 Å². The maximum absolute atomic E-state index is 5.51. The molecule has 0 amide bonds. The molecule has 0 bridgehead atoms. The van der Waals surface area contributed by atoms with Crippen molar-refractivity contribution in [1.82, 2.24) is 0 Å². The third kappa shape index (κ3) is 2.67. The van der Waals surface area contributed by atoms with Crippen molar-refractivity contribution in [2.75, 3.05) is 12.4 Å². The van der Waals surface area contributed by atoms with Crippen molar-refractivity contribution < 1.29 is 4.74 Å². The van der Waals surface area contributed by atoms with Crippen LogP contribution >= 0.6 is 28.6 Å². The van der Waals surface area contributed by atoms with Crippen LogP contribution in [0.5, 0.6) is 5.75 Å². The van der Waals surface area contributed by atoms with Gasteiger partial charge in [0.25, 0.3) is 0 Å². The number of thiol groups is 1. The van der Waals surface area contributed by atoms with Crippen LogP contribution in [-0.4, -0.2) is 12.4 Å². The van der Waals surface area contributed by atoms with Gasteiger partial charge in [0, 0.05) is 10.2 Å². The number of halogens is 1. The van der Waals surface area contributed by atoms with Crippen molar-refractivity contribution in [1.29, 1.82) is 0 Å². The predicted molar refractivity (Wildman–Crippen MR) is 71.0 cm³/mol. The molecule has 0 N–H and O–H groups in total. The largest absolute Gasteiger partial charge is 0.493 e. The molecule has 1 nitrogen and oxygen atoms in total. The average molecular weight is 283 g/mol. The van der Waals surface area contributed by atoms with Gasteiger partial charge < -0.3 is 4.74 Å². The number of rotatable bonds is 3. The van der Waals surface area contributed by atoms with Crippen LogP contribution in [0.1, 0.15) is 0 Å². The van der Waals surface area contributed by atoms with Crippen LogP contribution in [0.3, 0.4) is 0 Å². The summed E-state index contributed by atoms with van der Waals surface area (Å²) in [6.07, 6.45) is 0. The third-order valence-corrected chi connectivity index (χ3v) is 2.81. The molecule has 0 radical (unpaired) electrons. The molecule has 3 heteroatoms. The third-order valence-electron chi connectivity index (χ3n) is 2.13. The molecule has 0 fully saturated rings. The minimum absolute atomic E-state index is 0.644. The second-order valence-corrected chi connectivity index (χ2v) is 4.59. The lowest BCUT2D eigenvalue weighted by molar-refractivity contribution is 0.345. The number of hydrogen-bond donors (Lipinski definition) is 1. The summed E-state index contributed by atoms with van der Waals surface area (Å²) < 4.78 is 6.60. The van der Waals surface area contributed by atoms with Crippen LogP contribution in [0.15, 0.2) is 40.9 Å². The lowest BCUT2D eigenvalue weighted by atomic mass is 10.1. The summed E-state index contributed by atoms with van der Waals surface area (Å²) >= 11 is 7.56. The van der Waals surface area contributed by atoms with Gasteiger partial charge in [-0.2, -0.15) is 12.6 Å².